The number of furan rings is 1. The molecule has 0 saturated carbocycles. The van der Waals surface area contributed by atoms with Crippen molar-refractivity contribution >= 4 is 21.9 Å². The Bertz CT molecular complexity index is 1710. The number of imidazole rings is 1. The van der Waals surface area contributed by atoms with Gasteiger partial charge in [-0.25, -0.2) is 0 Å². The van der Waals surface area contributed by atoms with E-state index in [1.807, 2.05) is 24.3 Å². The zero-order valence-corrected chi connectivity index (χ0v) is 23.5. The second kappa shape index (κ2) is 9.20. The van der Waals surface area contributed by atoms with Crippen LogP contribution in [-0.2, 0) is 20.1 Å². The van der Waals surface area contributed by atoms with Crippen LogP contribution in [0.5, 0.6) is 0 Å². The van der Waals surface area contributed by atoms with E-state index in [4.69, 9.17) is 9.40 Å². The molecule has 0 spiro atoms. The molecule has 0 aliphatic carbocycles. The van der Waals surface area contributed by atoms with Crippen molar-refractivity contribution in [3.05, 3.63) is 107 Å². The number of aromatic nitrogens is 2. The van der Waals surface area contributed by atoms with E-state index in [9.17, 15) is 0 Å². The molecule has 2 heterocycles. The summed E-state index contributed by atoms with van der Waals surface area (Å²) < 4.78 is 8.30. The molecular formula is C32H27IrN2O-. The normalized spacial score (nSPS) is 11.2. The van der Waals surface area contributed by atoms with E-state index in [-0.39, 0.29) is 20.1 Å². The van der Waals surface area contributed by atoms with Gasteiger partial charge in [-0.15, -0.1) is 23.8 Å². The summed E-state index contributed by atoms with van der Waals surface area (Å²) in [7, 11) is 0. The van der Waals surface area contributed by atoms with E-state index in [2.05, 4.69) is 93.9 Å². The molecule has 6 aromatic rings. The van der Waals surface area contributed by atoms with Gasteiger partial charge in [0.05, 0.1) is 17.1 Å². The fourth-order valence-corrected chi connectivity index (χ4v) is 5.43. The molecule has 0 N–H and O–H groups in total. The van der Waals surface area contributed by atoms with E-state index in [1.54, 1.807) is 0 Å². The molecule has 0 amide bonds. The van der Waals surface area contributed by atoms with Crippen LogP contribution in [-0.4, -0.2) is 9.55 Å². The van der Waals surface area contributed by atoms with Crippen LogP contribution in [0.15, 0.2) is 77.3 Å². The standard InChI is InChI=1S/C32H27N2O.Ir/c1-19-15-22(4)31(23(5)16-19)34-18-27(30-20(2)9-8-10-21(30)3)33-32(34)24-13-14-29-26(17-24)25-11-6-7-12-28(25)35-29;/h6-12,14-18H,1-5H3;/q-1;. The Balaban J connectivity index is 0.00000267. The maximum atomic E-state index is 6.06. The molecule has 2 aromatic heterocycles. The molecule has 0 unspecified atom stereocenters. The van der Waals surface area contributed by atoms with Gasteiger partial charge in [-0.1, -0.05) is 59.5 Å². The fourth-order valence-electron chi connectivity index (χ4n) is 5.43. The molecule has 36 heavy (non-hydrogen) atoms. The molecule has 0 bridgehead atoms. The van der Waals surface area contributed by atoms with Crippen molar-refractivity contribution in [1.29, 1.82) is 0 Å². The molecule has 0 fully saturated rings. The SMILES string of the molecule is Cc1cc(C)c(-n2cc(-c3c(C)cccc3C)nc2-c2[c-]cc3oc4ccccc4c3c2)c(C)c1.[Ir]. The molecule has 6 rings (SSSR count). The first-order valence-electron chi connectivity index (χ1n) is 12.0. The van der Waals surface area contributed by atoms with Crippen molar-refractivity contribution in [1.82, 2.24) is 9.55 Å². The first-order valence-corrected chi connectivity index (χ1v) is 12.0. The van der Waals surface area contributed by atoms with Crippen LogP contribution in [0.3, 0.4) is 0 Å². The molecule has 0 aliphatic rings. The van der Waals surface area contributed by atoms with Crippen molar-refractivity contribution in [3.8, 4) is 28.3 Å². The third kappa shape index (κ3) is 3.91. The summed E-state index contributed by atoms with van der Waals surface area (Å²) in [6.45, 7) is 10.8. The molecule has 0 atom stereocenters. The van der Waals surface area contributed by atoms with Crippen LogP contribution in [0.25, 0.3) is 50.3 Å². The summed E-state index contributed by atoms with van der Waals surface area (Å²) in [5.74, 6) is 0.880. The molecule has 4 heteroatoms. The number of benzene rings is 4. The summed E-state index contributed by atoms with van der Waals surface area (Å²) in [4.78, 5) is 5.23. The number of fused-ring (bicyclic) bond motifs is 3. The summed E-state index contributed by atoms with van der Waals surface area (Å²) in [5, 5.41) is 2.18. The number of para-hydroxylation sites is 1. The summed E-state index contributed by atoms with van der Waals surface area (Å²) in [5.41, 5.74) is 12.2. The zero-order chi connectivity index (χ0) is 24.3. The van der Waals surface area contributed by atoms with Crippen molar-refractivity contribution in [3.63, 3.8) is 0 Å². The van der Waals surface area contributed by atoms with E-state index >= 15 is 0 Å². The maximum absolute atomic E-state index is 6.06. The largest absolute Gasteiger partial charge is 0.500 e. The fraction of sp³-hybridized carbons (Fsp3) is 0.156. The summed E-state index contributed by atoms with van der Waals surface area (Å²) in [6.07, 6.45) is 2.18. The van der Waals surface area contributed by atoms with Crippen molar-refractivity contribution in [2.24, 2.45) is 0 Å². The second-order valence-electron chi connectivity index (χ2n) is 9.56. The smallest absolute Gasteiger partial charge is 0.120 e. The topological polar surface area (TPSA) is 31.0 Å². The second-order valence-corrected chi connectivity index (χ2v) is 9.56. The number of nitrogens with zero attached hydrogens (tertiary/aromatic N) is 2. The Hall–Kier alpha value is -3.46. The number of hydrogen-bond donors (Lipinski definition) is 0. The van der Waals surface area contributed by atoms with Gasteiger partial charge in [0, 0.05) is 42.9 Å². The van der Waals surface area contributed by atoms with Crippen LogP contribution in [0.2, 0.25) is 0 Å². The Labute approximate surface area is 225 Å². The molecule has 3 nitrogen and oxygen atoms in total. The molecule has 1 radical (unpaired) electrons. The average molecular weight is 648 g/mol. The third-order valence-corrected chi connectivity index (χ3v) is 6.87. The van der Waals surface area contributed by atoms with Gasteiger partial charge in [0.15, 0.2) is 0 Å². The monoisotopic (exact) mass is 648 g/mol. The first-order chi connectivity index (χ1) is 16.9. The van der Waals surface area contributed by atoms with E-state index in [0.717, 1.165) is 39.0 Å². The van der Waals surface area contributed by atoms with Gasteiger partial charge < -0.3 is 8.98 Å². The van der Waals surface area contributed by atoms with Gasteiger partial charge in [-0.3, -0.25) is 4.98 Å². The van der Waals surface area contributed by atoms with Gasteiger partial charge in [-0.2, -0.15) is 0 Å². The Morgan fingerprint density at radius 1 is 0.750 bits per heavy atom. The zero-order valence-electron chi connectivity index (χ0n) is 21.1. The van der Waals surface area contributed by atoms with Crippen molar-refractivity contribution in [2.75, 3.05) is 0 Å². The maximum Gasteiger partial charge on any atom is 0.120 e. The molecular weight excluding hydrogens is 621 g/mol. The molecule has 0 saturated heterocycles. The predicted molar refractivity (Wildman–Crippen MR) is 144 cm³/mol. The predicted octanol–water partition coefficient (Wildman–Crippen LogP) is 8.45. The van der Waals surface area contributed by atoms with Crippen LogP contribution in [0.1, 0.15) is 27.8 Å². The number of rotatable bonds is 3. The van der Waals surface area contributed by atoms with Crippen molar-refractivity contribution < 1.29 is 24.5 Å². The van der Waals surface area contributed by atoms with Gasteiger partial charge in [0.2, 0.25) is 0 Å². The van der Waals surface area contributed by atoms with Gasteiger partial charge >= 0.3 is 0 Å². The minimum Gasteiger partial charge on any atom is -0.500 e. The van der Waals surface area contributed by atoms with Crippen LogP contribution in [0, 0.1) is 40.7 Å². The van der Waals surface area contributed by atoms with Crippen LogP contribution in [0.4, 0.5) is 0 Å². The average Bonchev–Trinajstić information content (AvgIpc) is 3.40. The third-order valence-electron chi connectivity index (χ3n) is 6.87. The van der Waals surface area contributed by atoms with Gasteiger partial charge in [-0.05, 0) is 62.9 Å². The van der Waals surface area contributed by atoms with E-state index in [1.165, 1.54) is 39.1 Å². The Kier molecular flexibility index (Phi) is 6.20. The summed E-state index contributed by atoms with van der Waals surface area (Å²) >= 11 is 0. The van der Waals surface area contributed by atoms with Crippen LogP contribution < -0.4 is 0 Å². The minimum atomic E-state index is 0. The minimum absolute atomic E-state index is 0. The Morgan fingerprint density at radius 3 is 2.17 bits per heavy atom. The van der Waals surface area contributed by atoms with E-state index in [0.29, 0.717) is 0 Å². The van der Waals surface area contributed by atoms with Gasteiger partial charge in [0.25, 0.3) is 0 Å². The molecule has 0 aliphatic heterocycles. The molecule has 181 valence electrons. The molecule has 4 aromatic carbocycles. The first kappa shape index (κ1) is 24.2. The summed E-state index contributed by atoms with van der Waals surface area (Å²) in [6, 6.07) is 26.6. The quantitative estimate of drug-likeness (QED) is 0.181. The van der Waals surface area contributed by atoms with Crippen LogP contribution >= 0.6 is 0 Å². The van der Waals surface area contributed by atoms with Gasteiger partial charge in [0.1, 0.15) is 5.58 Å². The van der Waals surface area contributed by atoms with Crippen molar-refractivity contribution in [2.45, 2.75) is 34.6 Å². The Morgan fingerprint density at radius 2 is 1.44 bits per heavy atom. The number of aryl methyl sites for hydroxylation is 5. The van der Waals surface area contributed by atoms with E-state index < -0.39 is 0 Å². The number of hydrogen-bond acceptors (Lipinski definition) is 2.